The van der Waals surface area contributed by atoms with Gasteiger partial charge in [0.1, 0.15) is 0 Å². The number of amides is 1. The van der Waals surface area contributed by atoms with Crippen molar-refractivity contribution in [3.8, 4) is 5.75 Å². The standard InChI is InChI=1S/C16H17F3N2O2/c17-12-6-10-11(15(20)22)8-21(9-4-2-1-3-5-9)13(10)7-14(12)23-16(18)19/h6-9,16H,1-5H2,(H2,20,22). The first-order valence-corrected chi connectivity index (χ1v) is 7.56. The van der Waals surface area contributed by atoms with Gasteiger partial charge in [-0.1, -0.05) is 19.3 Å². The number of hydrogen-bond acceptors (Lipinski definition) is 2. The summed E-state index contributed by atoms with van der Waals surface area (Å²) < 4.78 is 44.9. The molecular formula is C16H17F3N2O2. The Morgan fingerprint density at radius 2 is 1.96 bits per heavy atom. The molecule has 0 spiro atoms. The third-order valence-corrected chi connectivity index (χ3v) is 4.34. The van der Waals surface area contributed by atoms with Crippen molar-refractivity contribution in [3.05, 3.63) is 29.7 Å². The third-order valence-electron chi connectivity index (χ3n) is 4.34. The molecule has 1 aliphatic rings. The van der Waals surface area contributed by atoms with E-state index in [1.165, 1.54) is 6.07 Å². The largest absolute Gasteiger partial charge is 0.432 e. The Morgan fingerprint density at radius 3 is 2.57 bits per heavy atom. The van der Waals surface area contributed by atoms with Gasteiger partial charge in [-0.25, -0.2) is 4.39 Å². The lowest BCUT2D eigenvalue weighted by Gasteiger charge is -2.24. The maximum Gasteiger partial charge on any atom is 0.387 e. The number of benzene rings is 1. The molecule has 0 unspecified atom stereocenters. The zero-order chi connectivity index (χ0) is 16.6. The Kier molecular flexibility index (Phi) is 4.19. The van der Waals surface area contributed by atoms with Crippen molar-refractivity contribution < 1.29 is 22.7 Å². The lowest BCUT2D eigenvalue weighted by molar-refractivity contribution is -0.0521. The van der Waals surface area contributed by atoms with Crippen LogP contribution in [0.2, 0.25) is 0 Å². The number of primary amides is 1. The molecule has 23 heavy (non-hydrogen) atoms. The second-order valence-electron chi connectivity index (χ2n) is 5.78. The predicted octanol–water partition coefficient (Wildman–Crippen LogP) is 3.99. The molecule has 124 valence electrons. The zero-order valence-electron chi connectivity index (χ0n) is 12.4. The van der Waals surface area contributed by atoms with Crippen LogP contribution < -0.4 is 10.5 Å². The van der Waals surface area contributed by atoms with E-state index in [0.717, 1.165) is 38.2 Å². The van der Waals surface area contributed by atoms with Crippen molar-refractivity contribution in [3.63, 3.8) is 0 Å². The molecule has 2 N–H and O–H groups in total. The Balaban J connectivity index is 2.15. The van der Waals surface area contributed by atoms with E-state index in [9.17, 15) is 18.0 Å². The van der Waals surface area contributed by atoms with Crippen molar-refractivity contribution in [1.82, 2.24) is 4.57 Å². The van der Waals surface area contributed by atoms with Crippen LogP contribution in [0.5, 0.6) is 5.75 Å². The van der Waals surface area contributed by atoms with E-state index in [-0.39, 0.29) is 11.6 Å². The van der Waals surface area contributed by atoms with Crippen molar-refractivity contribution in [1.29, 1.82) is 0 Å². The van der Waals surface area contributed by atoms with E-state index >= 15 is 0 Å². The quantitative estimate of drug-likeness (QED) is 0.924. The number of aromatic nitrogens is 1. The topological polar surface area (TPSA) is 57.2 Å². The molecule has 1 aromatic heterocycles. The minimum absolute atomic E-state index is 0.143. The number of rotatable bonds is 4. The Bertz CT molecular complexity index is 736. The first kappa shape index (κ1) is 15.7. The second kappa shape index (κ2) is 6.14. The minimum Gasteiger partial charge on any atom is -0.432 e. The molecule has 7 heteroatoms. The Labute approximate surface area is 131 Å². The van der Waals surface area contributed by atoms with Crippen LogP contribution in [0.25, 0.3) is 10.9 Å². The van der Waals surface area contributed by atoms with E-state index in [0.29, 0.717) is 10.9 Å². The molecule has 0 bridgehead atoms. The van der Waals surface area contributed by atoms with Gasteiger partial charge in [0.25, 0.3) is 5.91 Å². The molecule has 1 aromatic carbocycles. The molecule has 0 radical (unpaired) electrons. The SMILES string of the molecule is NC(=O)c1cn(C2CCCCC2)c2cc(OC(F)F)c(F)cc12. The van der Waals surface area contributed by atoms with Gasteiger partial charge >= 0.3 is 6.61 Å². The second-order valence-corrected chi connectivity index (χ2v) is 5.78. The predicted molar refractivity (Wildman–Crippen MR) is 79.2 cm³/mol. The summed E-state index contributed by atoms with van der Waals surface area (Å²) >= 11 is 0. The number of hydrogen-bond donors (Lipinski definition) is 1. The molecule has 2 aromatic rings. The molecule has 3 rings (SSSR count). The fourth-order valence-corrected chi connectivity index (χ4v) is 3.29. The van der Waals surface area contributed by atoms with Crippen LogP contribution >= 0.6 is 0 Å². The van der Waals surface area contributed by atoms with Gasteiger partial charge in [0.15, 0.2) is 11.6 Å². The highest BCUT2D eigenvalue weighted by molar-refractivity contribution is 6.06. The number of halogens is 3. The van der Waals surface area contributed by atoms with Crippen LogP contribution in [-0.2, 0) is 0 Å². The van der Waals surface area contributed by atoms with Crippen LogP contribution in [0.3, 0.4) is 0 Å². The maximum absolute atomic E-state index is 14.0. The number of carbonyl (C=O) groups is 1. The summed E-state index contributed by atoms with van der Waals surface area (Å²) in [5.41, 5.74) is 6.04. The van der Waals surface area contributed by atoms with Gasteiger partial charge in [-0.2, -0.15) is 8.78 Å². The van der Waals surface area contributed by atoms with Gasteiger partial charge in [-0.05, 0) is 18.9 Å². The number of ether oxygens (including phenoxy) is 1. The zero-order valence-corrected chi connectivity index (χ0v) is 12.4. The highest BCUT2D eigenvalue weighted by Gasteiger charge is 2.23. The fourth-order valence-electron chi connectivity index (χ4n) is 3.29. The monoisotopic (exact) mass is 326 g/mol. The summed E-state index contributed by atoms with van der Waals surface area (Å²) in [6, 6.07) is 2.40. The number of fused-ring (bicyclic) bond motifs is 1. The van der Waals surface area contributed by atoms with Gasteiger partial charge < -0.3 is 15.0 Å². The summed E-state index contributed by atoms with van der Waals surface area (Å²) in [6.45, 7) is -3.12. The maximum atomic E-state index is 14.0. The molecule has 1 saturated carbocycles. The molecule has 1 heterocycles. The van der Waals surface area contributed by atoms with Crippen molar-refractivity contribution in [2.24, 2.45) is 5.73 Å². The molecule has 0 saturated heterocycles. The molecule has 1 amide bonds. The van der Waals surface area contributed by atoms with Gasteiger partial charge in [0.2, 0.25) is 0 Å². The Hall–Kier alpha value is -2.18. The smallest absolute Gasteiger partial charge is 0.387 e. The average molecular weight is 326 g/mol. The molecule has 0 atom stereocenters. The van der Waals surface area contributed by atoms with Crippen molar-refractivity contribution in [2.45, 2.75) is 44.8 Å². The first-order valence-electron chi connectivity index (χ1n) is 7.56. The summed E-state index contributed by atoms with van der Waals surface area (Å²) in [4.78, 5) is 11.6. The van der Waals surface area contributed by atoms with E-state index in [1.54, 1.807) is 6.20 Å². The molecular weight excluding hydrogens is 309 g/mol. The van der Waals surface area contributed by atoms with Crippen LogP contribution in [0.4, 0.5) is 13.2 Å². The van der Waals surface area contributed by atoms with Gasteiger partial charge in [-0.3, -0.25) is 4.79 Å². The number of nitrogens with two attached hydrogens (primary N) is 1. The lowest BCUT2D eigenvalue weighted by Crippen LogP contribution is -2.13. The van der Waals surface area contributed by atoms with Crippen LogP contribution in [0.1, 0.15) is 48.5 Å². The highest BCUT2D eigenvalue weighted by atomic mass is 19.3. The van der Waals surface area contributed by atoms with Crippen LogP contribution in [0.15, 0.2) is 18.3 Å². The van der Waals surface area contributed by atoms with Crippen LogP contribution in [-0.4, -0.2) is 17.1 Å². The van der Waals surface area contributed by atoms with Crippen molar-refractivity contribution >= 4 is 16.8 Å². The van der Waals surface area contributed by atoms with E-state index < -0.39 is 24.1 Å². The van der Waals surface area contributed by atoms with E-state index in [1.807, 2.05) is 4.57 Å². The number of nitrogens with zero attached hydrogens (tertiary/aromatic N) is 1. The summed E-state index contributed by atoms with van der Waals surface area (Å²) in [7, 11) is 0. The summed E-state index contributed by atoms with van der Waals surface area (Å²) in [5, 5.41) is 0.321. The number of alkyl halides is 2. The molecule has 4 nitrogen and oxygen atoms in total. The minimum atomic E-state index is -3.12. The van der Waals surface area contributed by atoms with E-state index in [2.05, 4.69) is 4.74 Å². The summed E-state index contributed by atoms with van der Waals surface area (Å²) in [5.74, 6) is -2.15. The van der Waals surface area contributed by atoms with Gasteiger partial charge in [-0.15, -0.1) is 0 Å². The molecule has 1 aliphatic carbocycles. The van der Waals surface area contributed by atoms with Gasteiger partial charge in [0, 0.05) is 23.7 Å². The molecule has 0 aliphatic heterocycles. The molecule has 1 fully saturated rings. The normalized spacial score (nSPS) is 16.2. The van der Waals surface area contributed by atoms with Crippen molar-refractivity contribution in [2.75, 3.05) is 0 Å². The fraction of sp³-hybridized carbons (Fsp3) is 0.438. The highest BCUT2D eigenvalue weighted by Crippen LogP contribution is 2.36. The third kappa shape index (κ3) is 3.00. The first-order chi connectivity index (χ1) is 11.0. The summed E-state index contributed by atoms with van der Waals surface area (Å²) in [6.07, 6.45) is 6.69. The average Bonchev–Trinajstić information content (AvgIpc) is 2.86. The number of carbonyl (C=O) groups excluding carboxylic acids is 1. The van der Waals surface area contributed by atoms with Gasteiger partial charge in [0.05, 0.1) is 11.1 Å². The Morgan fingerprint density at radius 1 is 1.26 bits per heavy atom. The van der Waals surface area contributed by atoms with Crippen LogP contribution in [0, 0.1) is 5.82 Å². The van der Waals surface area contributed by atoms with E-state index in [4.69, 9.17) is 5.73 Å². The lowest BCUT2D eigenvalue weighted by atomic mass is 9.95.